The number of nitrogens with one attached hydrogen (secondary N) is 1. The molecule has 3 N–H and O–H groups in total. The number of halogens is 1. The van der Waals surface area contributed by atoms with Crippen molar-refractivity contribution in [3.8, 4) is 16.9 Å². The zero-order valence-electron chi connectivity index (χ0n) is 24.0. The summed E-state index contributed by atoms with van der Waals surface area (Å²) < 4.78 is 14.1. The number of carbonyl (C=O) groups is 2. The third-order valence-corrected chi connectivity index (χ3v) is 9.55. The highest BCUT2D eigenvalue weighted by atomic mass is 35.5. The van der Waals surface area contributed by atoms with E-state index >= 15 is 0 Å². The van der Waals surface area contributed by atoms with Crippen molar-refractivity contribution >= 4 is 50.3 Å². The normalized spacial score (nSPS) is 16.2. The Balaban J connectivity index is 1.35. The van der Waals surface area contributed by atoms with Crippen LogP contribution in [0.2, 0.25) is 5.02 Å². The highest BCUT2D eigenvalue weighted by molar-refractivity contribution is 7.99. The number of fused-ring (bicyclic) bond motifs is 3. The number of rotatable bonds is 6. The Morgan fingerprint density at radius 2 is 1.77 bits per heavy atom. The predicted octanol–water partition coefficient (Wildman–Crippen LogP) is 3.49. The molecule has 1 unspecified atom stereocenters. The monoisotopic (exact) mass is 617 g/mol. The maximum atomic E-state index is 13.5. The highest BCUT2D eigenvalue weighted by Gasteiger charge is 2.29. The molecule has 222 valence electrons. The first kappa shape index (κ1) is 28.9. The number of aromatic nitrogens is 3. The van der Waals surface area contributed by atoms with Gasteiger partial charge in [0.2, 0.25) is 0 Å². The number of nitrogens with two attached hydrogens (primary N) is 1. The Morgan fingerprint density at radius 3 is 2.44 bits per heavy atom. The molecular formula is C31H32ClN7O3S. The second-order valence-corrected chi connectivity index (χ2v) is 14.0. The number of hydrogen-bond acceptors (Lipinski definition) is 7. The van der Waals surface area contributed by atoms with Crippen LogP contribution in [-0.4, -0.2) is 81.0 Å². The minimum Gasteiger partial charge on any atom is -0.364 e. The number of pyridine rings is 1. The first-order valence-electron chi connectivity index (χ1n) is 13.9. The summed E-state index contributed by atoms with van der Waals surface area (Å²) >= 11 is 6.43. The molecule has 6 rings (SSSR count). The van der Waals surface area contributed by atoms with Gasteiger partial charge in [-0.1, -0.05) is 17.7 Å². The van der Waals surface area contributed by atoms with Gasteiger partial charge in [-0.25, -0.2) is 9.67 Å². The molecule has 1 saturated heterocycles. The van der Waals surface area contributed by atoms with E-state index in [4.69, 9.17) is 17.3 Å². The van der Waals surface area contributed by atoms with Crippen LogP contribution in [0.4, 0.5) is 11.5 Å². The minimum absolute atomic E-state index is 0.204. The summed E-state index contributed by atoms with van der Waals surface area (Å²) in [4.78, 5) is 35.3. The van der Waals surface area contributed by atoms with Crippen LogP contribution in [0, 0.1) is 0 Å². The molecule has 1 aliphatic carbocycles. The predicted molar refractivity (Wildman–Crippen MR) is 171 cm³/mol. The molecule has 2 aromatic carbocycles. The number of amides is 2. The summed E-state index contributed by atoms with van der Waals surface area (Å²) in [6.07, 6.45) is 4.38. The zero-order chi connectivity index (χ0) is 30.5. The zero-order valence-corrected chi connectivity index (χ0v) is 25.5. The van der Waals surface area contributed by atoms with E-state index in [-0.39, 0.29) is 16.6 Å². The number of hydrogen-bond donors (Lipinski definition) is 2. The molecule has 4 aromatic rings. The van der Waals surface area contributed by atoms with Gasteiger partial charge in [-0.3, -0.25) is 13.8 Å². The second kappa shape index (κ2) is 11.1. The van der Waals surface area contributed by atoms with E-state index in [9.17, 15) is 13.8 Å². The maximum absolute atomic E-state index is 13.5. The summed E-state index contributed by atoms with van der Waals surface area (Å²) in [6.45, 7) is 3.46. The van der Waals surface area contributed by atoms with E-state index in [1.807, 2.05) is 18.2 Å². The SMILES string of the molecule is C=S(C)(=O)c1ccc(-n2nc(C(N)=O)c3c2-c2cc(NC(=O)c4cc(N5CCN(C)CC5)ncc4Cl)ccc2CC3)cc1. The van der Waals surface area contributed by atoms with Crippen molar-refractivity contribution in [2.45, 2.75) is 17.7 Å². The van der Waals surface area contributed by atoms with Gasteiger partial charge in [0.25, 0.3) is 11.8 Å². The number of piperazine rings is 1. The van der Waals surface area contributed by atoms with Gasteiger partial charge in [0.15, 0.2) is 5.69 Å². The Bertz CT molecular complexity index is 1860. The largest absolute Gasteiger partial charge is 0.364 e. The van der Waals surface area contributed by atoms with Crippen molar-refractivity contribution in [1.82, 2.24) is 19.7 Å². The number of carbonyl (C=O) groups excluding carboxylic acids is 2. The van der Waals surface area contributed by atoms with Gasteiger partial charge in [-0.2, -0.15) is 5.10 Å². The van der Waals surface area contributed by atoms with Crippen LogP contribution in [0.25, 0.3) is 16.9 Å². The number of benzene rings is 2. The molecular weight excluding hydrogens is 586 g/mol. The first-order valence-corrected chi connectivity index (χ1v) is 16.4. The van der Waals surface area contributed by atoms with Gasteiger partial charge >= 0.3 is 0 Å². The van der Waals surface area contributed by atoms with Crippen LogP contribution in [0.1, 0.15) is 32.0 Å². The van der Waals surface area contributed by atoms with E-state index in [2.05, 4.69) is 38.1 Å². The fraction of sp³-hybridized carbons (Fsp3) is 0.258. The molecule has 0 bridgehead atoms. The van der Waals surface area contributed by atoms with Gasteiger partial charge in [0, 0.05) is 60.3 Å². The standard InChI is InChI=1S/C31H32ClN7O3S/c1-37-12-14-38(15-13-37)27-17-25(26(32)18-34-27)31(41)35-20-6-4-19-5-11-23-28(30(33)40)36-39(29(23)24(19)16-20)21-7-9-22(10-8-21)43(2,3)42/h4,6-10,16-18H,2,5,11-15H2,1,3H3,(H2,33,40)(H,35,41). The molecule has 10 nitrogen and oxygen atoms in total. The van der Waals surface area contributed by atoms with Gasteiger partial charge < -0.3 is 20.9 Å². The highest BCUT2D eigenvalue weighted by Crippen LogP contribution is 2.38. The average molecular weight is 618 g/mol. The first-order chi connectivity index (χ1) is 20.5. The Kier molecular flexibility index (Phi) is 7.49. The molecule has 1 aliphatic heterocycles. The van der Waals surface area contributed by atoms with Crippen LogP contribution in [0.5, 0.6) is 0 Å². The van der Waals surface area contributed by atoms with Crippen molar-refractivity contribution in [3.63, 3.8) is 0 Å². The van der Waals surface area contributed by atoms with Gasteiger partial charge in [0.05, 0.1) is 22.0 Å². The summed E-state index contributed by atoms with van der Waals surface area (Å²) in [5.74, 6) is 3.50. The van der Waals surface area contributed by atoms with Crippen LogP contribution in [-0.2, 0) is 22.4 Å². The summed E-state index contributed by atoms with van der Waals surface area (Å²) in [5.41, 5.74) is 10.9. The number of primary amides is 1. The van der Waals surface area contributed by atoms with E-state index in [1.54, 1.807) is 41.3 Å². The van der Waals surface area contributed by atoms with Crippen molar-refractivity contribution in [2.24, 2.45) is 5.73 Å². The van der Waals surface area contributed by atoms with Crippen molar-refractivity contribution in [2.75, 3.05) is 49.7 Å². The van der Waals surface area contributed by atoms with Crippen molar-refractivity contribution in [3.05, 3.63) is 82.1 Å². The van der Waals surface area contributed by atoms with Gasteiger partial charge in [-0.05, 0) is 83.3 Å². The molecule has 2 amide bonds. The fourth-order valence-electron chi connectivity index (χ4n) is 5.58. The van der Waals surface area contributed by atoms with E-state index < -0.39 is 15.4 Å². The lowest BCUT2D eigenvalue weighted by atomic mass is 9.88. The molecule has 12 heteroatoms. The smallest absolute Gasteiger partial charge is 0.269 e. The molecule has 0 spiro atoms. The minimum atomic E-state index is -2.39. The van der Waals surface area contributed by atoms with Crippen LogP contribution >= 0.6 is 11.6 Å². The summed E-state index contributed by atoms with van der Waals surface area (Å²) in [7, 11) is -0.311. The van der Waals surface area contributed by atoms with Crippen molar-refractivity contribution < 1.29 is 13.8 Å². The van der Waals surface area contributed by atoms with Crippen LogP contribution < -0.4 is 16.0 Å². The lowest BCUT2D eigenvalue weighted by molar-refractivity contribution is 0.0992. The molecule has 0 radical (unpaired) electrons. The van der Waals surface area contributed by atoms with Crippen LogP contribution in [0.15, 0.2) is 59.6 Å². The molecule has 0 saturated carbocycles. The quantitative estimate of drug-likeness (QED) is 0.317. The average Bonchev–Trinajstić information content (AvgIpc) is 3.38. The number of aryl methyl sites for hydroxylation is 1. The van der Waals surface area contributed by atoms with Gasteiger partial charge in [0.1, 0.15) is 5.82 Å². The Morgan fingerprint density at radius 1 is 1.05 bits per heavy atom. The molecule has 1 fully saturated rings. The Labute approximate surface area is 255 Å². The van der Waals surface area contributed by atoms with Crippen LogP contribution in [0.3, 0.4) is 0 Å². The lowest BCUT2D eigenvalue weighted by Crippen LogP contribution is -2.44. The topological polar surface area (TPSA) is 126 Å². The van der Waals surface area contributed by atoms with Crippen molar-refractivity contribution in [1.29, 1.82) is 0 Å². The van der Waals surface area contributed by atoms with E-state index in [0.29, 0.717) is 40.5 Å². The second-order valence-electron chi connectivity index (χ2n) is 11.1. The van der Waals surface area contributed by atoms with Gasteiger partial charge in [-0.15, -0.1) is 0 Å². The molecule has 3 heterocycles. The fourth-order valence-corrected chi connectivity index (χ4v) is 6.49. The van der Waals surface area contributed by atoms with E-state index in [0.717, 1.165) is 48.6 Å². The number of anilines is 2. The third-order valence-electron chi connectivity index (χ3n) is 7.98. The number of likely N-dealkylation sites (N-methyl/N-ethyl adjacent to an activating group) is 1. The molecule has 2 aliphatic rings. The third kappa shape index (κ3) is 5.63. The number of nitrogens with zero attached hydrogens (tertiary/aromatic N) is 5. The molecule has 1 atom stereocenters. The lowest BCUT2D eigenvalue weighted by Gasteiger charge is -2.33. The maximum Gasteiger partial charge on any atom is 0.269 e. The van der Waals surface area contributed by atoms with E-state index in [1.165, 1.54) is 6.20 Å². The summed E-state index contributed by atoms with van der Waals surface area (Å²) in [5, 5.41) is 7.85. The Hall–Kier alpha value is -4.19. The summed E-state index contributed by atoms with van der Waals surface area (Å²) in [6, 6.07) is 14.5. The molecule has 43 heavy (non-hydrogen) atoms. The molecule has 2 aromatic heterocycles.